The number of carbonyl (C=O) groups is 1. The maximum atomic E-state index is 15.7. The number of halogens is 3. The van der Waals surface area contributed by atoms with Crippen molar-refractivity contribution in [3.63, 3.8) is 0 Å². The zero-order chi connectivity index (χ0) is 27.3. The Kier molecular flexibility index (Phi) is 8.86. The molecule has 2 heterocycles. The molecule has 1 atom stereocenters. The van der Waals surface area contributed by atoms with Gasteiger partial charge in [-0.1, -0.05) is 29.5 Å². The second kappa shape index (κ2) is 12.1. The average molecular weight is 541 g/mol. The smallest absolute Gasteiger partial charge is 0.303 e. The minimum Gasteiger partial charge on any atom is -0.497 e. The van der Waals surface area contributed by atoms with Crippen molar-refractivity contribution < 1.29 is 23.4 Å². The van der Waals surface area contributed by atoms with E-state index in [1.165, 1.54) is 12.3 Å². The molecule has 0 unspecified atom stereocenters. The summed E-state index contributed by atoms with van der Waals surface area (Å²) in [5.41, 5.74) is 1.68. The molecule has 1 N–H and O–H groups in total. The van der Waals surface area contributed by atoms with Gasteiger partial charge < -0.3 is 9.84 Å². The van der Waals surface area contributed by atoms with Gasteiger partial charge in [-0.15, -0.1) is 0 Å². The van der Waals surface area contributed by atoms with E-state index in [0.717, 1.165) is 0 Å². The van der Waals surface area contributed by atoms with Gasteiger partial charge in [0, 0.05) is 22.7 Å². The Bertz CT molecular complexity index is 1380. The maximum absolute atomic E-state index is 15.7. The number of likely N-dealkylation sites (tertiary alicyclic amines) is 1. The van der Waals surface area contributed by atoms with Crippen molar-refractivity contribution in [2.24, 2.45) is 5.41 Å². The highest BCUT2D eigenvalue weighted by atomic mass is 35.5. The van der Waals surface area contributed by atoms with Gasteiger partial charge in [0.25, 0.3) is 0 Å². The molecule has 0 aliphatic carbocycles. The molecular weight excluding hydrogens is 510 g/mol. The second-order valence-corrected chi connectivity index (χ2v) is 10.4. The summed E-state index contributed by atoms with van der Waals surface area (Å²) in [4.78, 5) is 18.2. The number of rotatable bonds is 8. The van der Waals surface area contributed by atoms with Crippen molar-refractivity contribution in [3.8, 4) is 17.6 Å². The monoisotopic (exact) mass is 540 g/mol. The van der Waals surface area contributed by atoms with E-state index >= 15 is 4.39 Å². The molecule has 1 fully saturated rings. The fraction of sp³-hybridized carbons (Fsp3) is 0.400. The van der Waals surface area contributed by atoms with Gasteiger partial charge in [0.1, 0.15) is 17.7 Å². The summed E-state index contributed by atoms with van der Waals surface area (Å²) in [5.74, 6) is 5.51. The van der Waals surface area contributed by atoms with Crippen molar-refractivity contribution in [1.29, 1.82) is 0 Å². The van der Waals surface area contributed by atoms with E-state index in [9.17, 15) is 14.3 Å². The molecule has 0 amide bonds. The lowest BCUT2D eigenvalue weighted by Crippen LogP contribution is -2.41. The highest BCUT2D eigenvalue weighted by Crippen LogP contribution is 2.44. The lowest BCUT2D eigenvalue weighted by atomic mass is 9.71. The predicted octanol–water partition coefficient (Wildman–Crippen LogP) is 6.74. The van der Waals surface area contributed by atoms with Crippen LogP contribution >= 0.6 is 11.6 Å². The summed E-state index contributed by atoms with van der Waals surface area (Å²) in [6.45, 7) is 3.54. The largest absolute Gasteiger partial charge is 0.497 e. The third-order valence-electron chi connectivity index (χ3n) is 7.46. The first-order chi connectivity index (χ1) is 18.2. The number of aryl methyl sites for hydroxylation is 1. The molecule has 8 heteroatoms. The van der Waals surface area contributed by atoms with Crippen molar-refractivity contribution in [3.05, 3.63) is 70.1 Å². The Balaban J connectivity index is 1.42. The first-order valence-electron chi connectivity index (χ1n) is 12.6. The van der Waals surface area contributed by atoms with Crippen LogP contribution in [0.4, 0.5) is 8.78 Å². The zero-order valence-electron chi connectivity index (χ0n) is 21.6. The van der Waals surface area contributed by atoms with Gasteiger partial charge in [0.15, 0.2) is 0 Å². The summed E-state index contributed by atoms with van der Waals surface area (Å²) in [7, 11) is 1.54. The number of pyridine rings is 1. The molecule has 200 valence electrons. The van der Waals surface area contributed by atoms with E-state index in [0.29, 0.717) is 72.2 Å². The maximum Gasteiger partial charge on any atom is 0.303 e. The molecule has 4 rings (SSSR count). The molecule has 1 aliphatic heterocycles. The number of fused-ring (bicyclic) bond motifs is 1. The number of hydrogen-bond acceptors (Lipinski definition) is 4. The van der Waals surface area contributed by atoms with Gasteiger partial charge >= 0.3 is 5.97 Å². The summed E-state index contributed by atoms with van der Waals surface area (Å²) in [6, 6.07) is 10.2. The van der Waals surface area contributed by atoms with Gasteiger partial charge in [-0.05, 0) is 87.0 Å². The van der Waals surface area contributed by atoms with Crippen LogP contribution in [0.2, 0.25) is 5.02 Å². The summed E-state index contributed by atoms with van der Waals surface area (Å²) >= 11 is 6.38. The van der Waals surface area contributed by atoms with Gasteiger partial charge in [-0.25, -0.2) is 8.78 Å². The number of aliphatic carboxylic acids is 1. The van der Waals surface area contributed by atoms with Crippen LogP contribution in [-0.2, 0) is 4.79 Å². The first-order valence-corrected chi connectivity index (χ1v) is 13.0. The summed E-state index contributed by atoms with van der Waals surface area (Å²) in [6.07, 6.45) is 1.91. The summed E-state index contributed by atoms with van der Waals surface area (Å²) < 4.78 is 34.8. The van der Waals surface area contributed by atoms with Crippen LogP contribution in [0.15, 0.2) is 42.6 Å². The number of aromatic nitrogens is 1. The Hall–Kier alpha value is -3.21. The second-order valence-electron chi connectivity index (χ2n) is 10.0. The molecule has 0 radical (unpaired) electrons. The molecule has 0 bridgehead atoms. The SMILES string of the molecule is COc1ccc2ncc(Cl)c([C@H](F)CCC3(CC(=O)O)CCN(CC#Cc4ccc(C)c(F)c4)CC3)c2c1. The van der Waals surface area contributed by atoms with Crippen LogP contribution in [0.25, 0.3) is 10.9 Å². The van der Waals surface area contributed by atoms with Gasteiger partial charge in [0.2, 0.25) is 0 Å². The minimum atomic E-state index is -1.37. The molecule has 0 spiro atoms. The van der Waals surface area contributed by atoms with Crippen molar-refractivity contribution in [1.82, 2.24) is 9.88 Å². The molecule has 5 nitrogen and oxygen atoms in total. The number of hydrogen-bond donors (Lipinski definition) is 1. The van der Waals surface area contributed by atoms with E-state index in [1.807, 2.05) is 0 Å². The Morgan fingerprint density at radius 3 is 2.71 bits per heavy atom. The molecule has 38 heavy (non-hydrogen) atoms. The highest BCUT2D eigenvalue weighted by Gasteiger charge is 2.37. The van der Waals surface area contributed by atoms with E-state index in [1.54, 1.807) is 44.4 Å². The molecule has 0 saturated carbocycles. The van der Waals surface area contributed by atoms with Crippen LogP contribution in [0.3, 0.4) is 0 Å². The number of alkyl halides is 1. The number of ether oxygens (including phenoxy) is 1. The lowest BCUT2D eigenvalue weighted by molar-refractivity contribution is -0.141. The molecular formula is C30H31ClF2N2O3. The number of nitrogens with zero attached hydrogens (tertiary/aromatic N) is 2. The van der Waals surface area contributed by atoms with Crippen LogP contribution < -0.4 is 4.74 Å². The topological polar surface area (TPSA) is 62.7 Å². The number of methoxy groups -OCH3 is 1. The third kappa shape index (κ3) is 6.61. The zero-order valence-corrected chi connectivity index (χ0v) is 22.3. The van der Waals surface area contributed by atoms with Gasteiger partial charge in [-0.3, -0.25) is 14.7 Å². The predicted molar refractivity (Wildman–Crippen MR) is 145 cm³/mol. The molecule has 1 aliphatic rings. The van der Waals surface area contributed by atoms with Crippen LogP contribution in [0, 0.1) is 30.0 Å². The Morgan fingerprint density at radius 2 is 2.03 bits per heavy atom. The van der Waals surface area contributed by atoms with Crippen molar-refractivity contribution in [2.75, 3.05) is 26.7 Å². The van der Waals surface area contributed by atoms with E-state index in [-0.39, 0.29) is 23.7 Å². The standard InChI is InChI=1S/C30H31ClF2N2O3/c1-20-5-6-21(16-26(20)33)4-3-13-35-14-11-30(12-15-35,18-28(36)37)10-9-25(32)29-23-17-22(38-2)7-8-27(23)34-19-24(29)31/h5-8,16-17,19,25H,9-15,18H2,1-2H3,(H,36,37)/t25-/m1/s1. The fourth-order valence-electron chi connectivity index (χ4n) is 5.14. The van der Waals surface area contributed by atoms with Gasteiger partial charge in [0.05, 0.1) is 30.6 Å². The normalized spacial score (nSPS) is 16.0. The quantitative estimate of drug-likeness (QED) is 0.320. The number of piperidine rings is 1. The Labute approximate surface area is 226 Å². The van der Waals surface area contributed by atoms with Crippen LogP contribution in [0.1, 0.15) is 55.0 Å². The van der Waals surface area contributed by atoms with E-state index < -0.39 is 17.6 Å². The molecule has 3 aromatic rings. The fourth-order valence-corrected chi connectivity index (χ4v) is 5.40. The average Bonchev–Trinajstić information content (AvgIpc) is 2.90. The third-order valence-corrected chi connectivity index (χ3v) is 7.76. The van der Waals surface area contributed by atoms with E-state index in [4.69, 9.17) is 16.3 Å². The summed E-state index contributed by atoms with van der Waals surface area (Å²) in [5, 5.41) is 10.5. The molecule has 1 saturated heterocycles. The highest BCUT2D eigenvalue weighted by molar-refractivity contribution is 6.32. The molecule has 2 aromatic carbocycles. The van der Waals surface area contributed by atoms with Crippen LogP contribution in [-0.4, -0.2) is 47.7 Å². The number of carboxylic acid groups (broad SMARTS) is 1. The number of benzene rings is 2. The van der Waals surface area contributed by atoms with E-state index in [2.05, 4.69) is 21.7 Å². The first kappa shape index (κ1) is 27.8. The van der Waals surface area contributed by atoms with Crippen LogP contribution in [0.5, 0.6) is 5.75 Å². The van der Waals surface area contributed by atoms with Gasteiger partial charge in [-0.2, -0.15) is 0 Å². The molecule has 1 aromatic heterocycles. The number of carboxylic acids is 1. The Morgan fingerprint density at radius 1 is 1.26 bits per heavy atom. The van der Waals surface area contributed by atoms with Crippen molar-refractivity contribution in [2.45, 2.75) is 45.2 Å². The lowest BCUT2D eigenvalue weighted by Gasteiger charge is -2.41. The van der Waals surface area contributed by atoms with Crippen molar-refractivity contribution >= 4 is 28.5 Å². The minimum absolute atomic E-state index is 0.0134.